The number of rotatable bonds is 5. The van der Waals surface area contributed by atoms with E-state index < -0.39 is 17.6 Å². The number of anilines is 2. The average Bonchev–Trinajstić information content (AvgIpc) is 2.84. The fourth-order valence-electron chi connectivity index (χ4n) is 3.83. The van der Waals surface area contributed by atoms with Crippen LogP contribution < -0.4 is 21.1 Å². The third kappa shape index (κ3) is 5.35. The molecular formula is C25H22ClFN4O3. The molecule has 3 aromatic carbocycles. The Kier molecular flexibility index (Phi) is 7.08. The quantitative estimate of drug-likeness (QED) is 0.482. The van der Waals surface area contributed by atoms with Crippen molar-refractivity contribution < 1.29 is 18.8 Å². The number of benzene rings is 3. The van der Waals surface area contributed by atoms with Gasteiger partial charge in [-0.3, -0.25) is 25.2 Å². The molecule has 0 unspecified atom stereocenters. The second-order valence-corrected chi connectivity index (χ2v) is 8.18. The van der Waals surface area contributed by atoms with Gasteiger partial charge in [0.05, 0.1) is 17.1 Å². The molecule has 3 N–H and O–H groups in total. The number of hydrogen-bond donors (Lipinski definition) is 3. The molecule has 3 amide bonds. The van der Waals surface area contributed by atoms with Gasteiger partial charge < -0.3 is 10.2 Å². The summed E-state index contributed by atoms with van der Waals surface area (Å²) < 4.78 is 13.2. The maximum absolute atomic E-state index is 13.2. The third-order valence-corrected chi connectivity index (χ3v) is 5.80. The van der Waals surface area contributed by atoms with E-state index >= 15 is 0 Å². The van der Waals surface area contributed by atoms with Crippen LogP contribution in [0.5, 0.6) is 0 Å². The molecule has 1 heterocycles. The Labute approximate surface area is 200 Å². The van der Waals surface area contributed by atoms with Crippen molar-refractivity contribution in [2.75, 3.05) is 23.3 Å². The van der Waals surface area contributed by atoms with Gasteiger partial charge in [-0.1, -0.05) is 29.8 Å². The Hall–Kier alpha value is -3.91. The third-order valence-electron chi connectivity index (χ3n) is 5.47. The maximum Gasteiger partial charge on any atom is 0.271 e. The number of halogens is 2. The highest BCUT2D eigenvalue weighted by Gasteiger charge is 2.22. The minimum atomic E-state index is -0.510. The Bertz CT molecular complexity index is 1230. The second-order valence-electron chi connectivity index (χ2n) is 7.77. The van der Waals surface area contributed by atoms with Crippen LogP contribution in [0, 0.1) is 5.82 Å². The zero-order chi connectivity index (χ0) is 24.1. The summed E-state index contributed by atoms with van der Waals surface area (Å²) in [7, 11) is 0. The molecule has 4 rings (SSSR count). The van der Waals surface area contributed by atoms with E-state index in [0.29, 0.717) is 17.8 Å². The lowest BCUT2D eigenvalue weighted by molar-refractivity contribution is -0.120. The van der Waals surface area contributed by atoms with Crippen molar-refractivity contribution in [2.24, 2.45) is 0 Å². The van der Waals surface area contributed by atoms with Crippen LogP contribution >= 0.6 is 11.6 Å². The largest absolute Gasteiger partial charge is 0.362 e. The Morgan fingerprint density at radius 3 is 2.44 bits per heavy atom. The smallest absolute Gasteiger partial charge is 0.271 e. The highest BCUT2D eigenvalue weighted by Crippen LogP contribution is 2.33. The monoisotopic (exact) mass is 480 g/mol. The molecular weight excluding hydrogens is 459 g/mol. The van der Waals surface area contributed by atoms with Crippen molar-refractivity contribution in [1.29, 1.82) is 0 Å². The molecule has 0 saturated carbocycles. The summed E-state index contributed by atoms with van der Waals surface area (Å²) >= 11 is 6.01. The number of carbonyl (C=O) groups is 3. The van der Waals surface area contributed by atoms with Crippen LogP contribution in [-0.2, 0) is 11.2 Å². The first-order valence-corrected chi connectivity index (χ1v) is 11.1. The van der Waals surface area contributed by atoms with Crippen LogP contribution in [-0.4, -0.2) is 30.8 Å². The fourth-order valence-corrected chi connectivity index (χ4v) is 4.05. The Balaban J connectivity index is 1.41. The number of carbonyl (C=O) groups excluding carboxylic acids is 3. The summed E-state index contributed by atoms with van der Waals surface area (Å²) in [6, 6.07) is 17.4. The van der Waals surface area contributed by atoms with Gasteiger partial charge in [-0.05, 0) is 66.9 Å². The molecule has 0 saturated heterocycles. The number of amides is 3. The SMILES string of the molecule is O=C(CN1CCCc2c(NC(=O)c3ccc(F)cc3)cccc21)NNC(=O)c1ccccc1Cl. The summed E-state index contributed by atoms with van der Waals surface area (Å²) in [4.78, 5) is 39.3. The number of nitrogens with zero attached hydrogens (tertiary/aromatic N) is 1. The lowest BCUT2D eigenvalue weighted by Crippen LogP contribution is -2.47. The molecule has 0 aliphatic carbocycles. The summed E-state index contributed by atoms with van der Waals surface area (Å²) in [5.74, 6) is -1.66. The van der Waals surface area contributed by atoms with Crippen molar-refractivity contribution >= 4 is 40.7 Å². The van der Waals surface area contributed by atoms with Crippen molar-refractivity contribution in [2.45, 2.75) is 12.8 Å². The first kappa shape index (κ1) is 23.3. The zero-order valence-corrected chi connectivity index (χ0v) is 18.9. The van der Waals surface area contributed by atoms with Crippen LogP contribution in [0.4, 0.5) is 15.8 Å². The Morgan fingerprint density at radius 2 is 1.68 bits per heavy atom. The highest BCUT2D eigenvalue weighted by atomic mass is 35.5. The van der Waals surface area contributed by atoms with Crippen LogP contribution in [0.15, 0.2) is 66.7 Å². The van der Waals surface area contributed by atoms with Crippen LogP contribution in [0.25, 0.3) is 0 Å². The molecule has 34 heavy (non-hydrogen) atoms. The van der Waals surface area contributed by atoms with E-state index in [1.54, 1.807) is 36.4 Å². The molecule has 0 bridgehead atoms. The average molecular weight is 481 g/mol. The van der Waals surface area contributed by atoms with E-state index in [2.05, 4.69) is 16.2 Å². The Morgan fingerprint density at radius 1 is 0.912 bits per heavy atom. The standard InChI is InChI=1S/C25H22ClFN4O3/c26-20-7-2-1-5-18(20)25(34)30-29-23(32)15-31-14-4-6-19-21(8-3-9-22(19)31)28-24(33)16-10-12-17(27)13-11-16/h1-3,5,7-13H,4,6,14-15H2,(H,28,33)(H,29,32)(H,30,34). The number of hydrogen-bond acceptors (Lipinski definition) is 4. The van der Waals surface area contributed by atoms with E-state index in [0.717, 1.165) is 24.1 Å². The predicted octanol–water partition coefficient (Wildman–Crippen LogP) is 3.95. The lowest BCUT2D eigenvalue weighted by Gasteiger charge is -2.32. The molecule has 7 nitrogen and oxygen atoms in total. The van der Waals surface area contributed by atoms with E-state index in [9.17, 15) is 18.8 Å². The minimum Gasteiger partial charge on any atom is -0.362 e. The van der Waals surface area contributed by atoms with Gasteiger partial charge >= 0.3 is 0 Å². The van der Waals surface area contributed by atoms with E-state index in [1.807, 2.05) is 11.0 Å². The molecule has 174 valence electrons. The molecule has 0 atom stereocenters. The summed E-state index contributed by atoms with van der Waals surface area (Å²) in [5, 5.41) is 3.17. The van der Waals surface area contributed by atoms with Crippen LogP contribution in [0.3, 0.4) is 0 Å². The van der Waals surface area contributed by atoms with Gasteiger partial charge in [-0.25, -0.2) is 4.39 Å². The second kappa shape index (κ2) is 10.4. The fraction of sp³-hybridized carbons (Fsp3) is 0.160. The molecule has 9 heteroatoms. The van der Waals surface area contributed by atoms with Crippen LogP contribution in [0.2, 0.25) is 5.02 Å². The number of fused-ring (bicyclic) bond motifs is 1. The van der Waals surface area contributed by atoms with Crippen molar-refractivity contribution in [1.82, 2.24) is 10.9 Å². The van der Waals surface area contributed by atoms with E-state index in [4.69, 9.17) is 11.6 Å². The minimum absolute atomic E-state index is 0.0190. The van der Waals surface area contributed by atoms with E-state index in [1.165, 1.54) is 24.3 Å². The molecule has 0 fully saturated rings. The molecule has 3 aromatic rings. The first-order chi connectivity index (χ1) is 16.4. The highest BCUT2D eigenvalue weighted by molar-refractivity contribution is 6.33. The van der Waals surface area contributed by atoms with Gasteiger partial charge in [0.15, 0.2) is 0 Å². The number of hydrazine groups is 1. The van der Waals surface area contributed by atoms with E-state index in [-0.39, 0.29) is 23.0 Å². The predicted molar refractivity (Wildman–Crippen MR) is 128 cm³/mol. The molecule has 1 aliphatic heterocycles. The summed E-state index contributed by atoms with van der Waals surface area (Å²) in [6.45, 7) is 0.666. The number of nitrogens with one attached hydrogen (secondary N) is 3. The van der Waals surface area contributed by atoms with Crippen molar-refractivity contribution in [3.8, 4) is 0 Å². The molecule has 0 aromatic heterocycles. The zero-order valence-electron chi connectivity index (χ0n) is 18.1. The molecule has 1 aliphatic rings. The maximum atomic E-state index is 13.2. The van der Waals surface area contributed by atoms with Gasteiger partial charge in [0.2, 0.25) is 0 Å². The topological polar surface area (TPSA) is 90.5 Å². The van der Waals surface area contributed by atoms with Gasteiger partial charge in [0.25, 0.3) is 17.7 Å². The molecule has 0 radical (unpaired) electrons. The van der Waals surface area contributed by atoms with Gasteiger partial charge in [0.1, 0.15) is 5.82 Å². The van der Waals surface area contributed by atoms with Gasteiger partial charge in [0, 0.05) is 23.5 Å². The van der Waals surface area contributed by atoms with Crippen LogP contribution in [0.1, 0.15) is 32.7 Å². The van der Waals surface area contributed by atoms with Crippen molar-refractivity contribution in [3.63, 3.8) is 0 Å². The summed E-state index contributed by atoms with van der Waals surface area (Å²) in [5.41, 5.74) is 7.79. The summed E-state index contributed by atoms with van der Waals surface area (Å²) in [6.07, 6.45) is 1.52. The molecule has 0 spiro atoms. The van der Waals surface area contributed by atoms with Gasteiger partial charge in [-0.15, -0.1) is 0 Å². The van der Waals surface area contributed by atoms with Gasteiger partial charge in [-0.2, -0.15) is 0 Å². The van der Waals surface area contributed by atoms with Crippen molar-refractivity contribution in [3.05, 3.63) is 94.3 Å². The first-order valence-electron chi connectivity index (χ1n) is 10.7. The normalized spacial score (nSPS) is 12.5. The lowest BCUT2D eigenvalue weighted by atomic mass is 9.99.